The molecule has 0 amide bonds. The summed E-state index contributed by atoms with van der Waals surface area (Å²) in [6.45, 7) is 0.0455. The second-order valence-electron chi connectivity index (χ2n) is 8.51. The van der Waals surface area contributed by atoms with Crippen LogP contribution in [0.3, 0.4) is 0 Å². The predicted octanol–water partition coefficient (Wildman–Crippen LogP) is 7.61. The fourth-order valence-electron chi connectivity index (χ4n) is 4.30. The lowest BCUT2D eigenvalue weighted by Crippen LogP contribution is -2.12. The molecule has 0 aliphatic carbocycles. The molecule has 0 heterocycles. The molecule has 2 N–H and O–H groups in total. The van der Waals surface area contributed by atoms with Gasteiger partial charge in [0.25, 0.3) is 0 Å². The molecule has 0 aromatic heterocycles. The van der Waals surface area contributed by atoms with Gasteiger partial charge in [-0.25, -0.2) is 0 Å². The van der Waals surface area contributed by atoms with Crippen molar-refractivity contribution in [1.29, 1.82) is 0 Å². The van der Waals surface area contributed by atoms with Crippen molar-refractivity contribution in [2.24, 2.45) is 0 Å². The molecule has 0 aliphatic heterocycles. The molecule has 0 radical (unpaired) electrons. The zero-order chi connectivity index (χ0) is 24.7. The number of rotatable bonds is 8. The summed E-state index contributed by atoms with van der Waals surface area (Å²) in [5, 5.41) is 18.9. The normalized spacial score (nSPS) is 10.7. The van der Waals surface area contributed by atoms with Crippen LogP contribution in [0.1, 0.15) is 11.1 Å². The van der Waals surface area contributed by atoms with E-state index in [2.05, 4.69) is 58.3 Å². The van der Waals surface area contributed by atoms with Gasteiger partial charge in [0.1, 0.15) is 0 Å². The smallest absolute Gasteiger partial charge is 0.0681 e. The van der Waals surface area contributed by atoms with Crippen LogP contribution in [0.15, 0.2) is 133 Å². The monoisotopic (exact) mass is 472 g/mol. The fourth-order valence-corrected chi connectivity index (χ4v) is 4.30. The van der Waals surface area contributed by atoms with Gasteiger partial charge in [0.2, 0.25) is 0 Å². The molecule has 0 saturated carbocycles. The summed E-state index contributed by atoms with van der Waals surface area (Å²) in [4.78, 5) is 4.40. The van der Waals surface area contributed by atoms with Gasteiger partial charge in [0.05, 0.1) is 13.2 Å². The van der Waals surface area contributed by atoms with E-state index >= 15 is 0 Å². The van der Waals surface area contributed by atoms with Crippen LogP contribution < -0.4 is 9.80 Å². The molecule has 5 aromatic rings. The molecule has 0 aliphatic rings. The van der Waals surface area contributed by atoms with E-state index in [1.54, 1.807) is 0 Å². The Morgan fingerprint density at radius 2 is 0.583 bits per heavy atom. The molecule has 36 heavy (non-hydrogen) atoms. The van der Waals surface area contributed by atoms with Crippen LogP contribution in [0.2, 0.25) is 0 Å². The van der Waals surface area contributed by atoms with Crippen molar-refractivity contribution in [1.82, 2.24) is 0 Å². The second kappa shape index (κ2) is 10.9. The lowest BCUT2D eigenvalue weighted by molar-refractivity contribution is 0.281. The number of benzene rings is 5. The van der Waals surface area contributed by atoms with Gasteiger partial charge in [0.15, 0.2) is 0 Å². The molecule has 178 valence electrons. The van der Waals surface area contributed by atoms with Crippen LogP contribution in [-0.2, 0) is 13.2 Å². The Morgan fingerprint density at radius 1 is 0.333 bits per heavy atom. The molecule has 5 aromatic carbocycles. The summed E-state index contributed by atoms with van der Waals surface area (Å²) in [5.74, 6) is 0. The molecule has 5 rings (SSSR count). The van der Waals surface area contributed by atoms with Gasteiger partial charge in [-0.1, -0.05) is 60.7 Å². The average molecular weight is 473 g/mol. The first-order chi connectivity index (χ1) is 17.8. The topological polar surface area (TPSA) is 46.9 Å². The van der Waals surface area contributed by atoms with Gasteiger partial charge in [-0.15, -0.1) is 0 Å². The number of anilines is 6. The van der Waals surface area contributed by atoms with Gasteiger partial charge in [-0.3, -0.25) is 0 Å². The van der Waals surface area contributed by atoms with E-state index in [0.29, 0.717) is 0 Å². The minimum absolute atomic E-state index is 0.0227. The highest BCUT2D eigenvalue weighted by molar-refractivity contribution is 5.81. The molecule has 4 nitrogen and oxygen atoms in total. The zero-order valence-corrected chi connectivity index (χ0v) is 19.9. The van der Waals surface area contributed by atoms with Gasteiger partial charge in [0, 0.05) is 34.1 Å². The van der Waals surface area contributed by atoms with E-state index in [0.717, 1.165) is 45.3 Å². The van der Waals surface area contributed by atoms with Crippen molar-refractivity contribution in [2.75, 3.05) is 9.80 Å². The fraction of sp³-hybridized carbons (Fsp3) is 0.0625. The van der Waals surface area contributed by atoms with Crippen LogP contribution >= 0.6 is 0 Å². The quantitative estimate of drug-likeness (QED) is 0.244. The van der Waals surface area contributed by atoms with E-state index < -0.39 is 0 Å². The molecule has 0 atom stereocenters. The average Bonchev–Trinajstić information content (AvgIpc) is 2.96. The summed E-state index contributed by atoms with van der Waals surface area (Å²) in [6.07, 6.45) is 0. The lowest BCUT2D eigenvalue weighted by atomic mass is 10.1. The number of aliphatic hydroxyl groups excluding tert-OH is 2. The maximum absolute atomic E-state index is 9.47. The first-order valence-corrected chi connectivity index (χ1v) is 12.0. The Bertz CT molecular complexity index is 1260. The largest absolute Gasteiger partial charge is 0.392 e. The molecule has 0 spiro atoms. The van der Waals surface area contributed by atoms with Gasteiger partial charge in [-0.05, 0) is 83.9 Å². The Labute approximate surface area is 211 Å². The summed E-state index contributed by atoms with van der Waals surface area (Å²) < 4.78 is 0. The highest BCUT2D eigenvalue weighted by Gasteiger charge is 2.15. The maximum atomic E-state index is 9.47. The van der Waals surface area contributed by atoms with E-state index in [9.17, 15) is 10.2 Å². The highest BCUT2D eigenvalue weighted by atomic mass is 16.3. The highest BCUT2D eigenvalue weighted by Crippen LogP contribution is 2.38. The molecule has 0 saturated heterocycles. The predicted molar refractivity (Wildman–Crippen MR) is 148 cm³/mol. The zero-order valence-electron chi connectivity index (χ0n) is 19.9. The molecule has 4 heteroatoms. The molecule has 0 fully saturated rings. The van der Waals surface area contributed by atoms with Crippen molar-refractivity contribution in [3.63, 3.8) is 0 Å². The summed E-state index contributed by atoms with van der Waals surface area (Å²) in [5.41, 5.74) is 7.98. The minimum atomic E-state index is 0.0227. The number of nitrogens with zero attached hydrogens (tertiary/aromatic N) is 2. The van der Waals surface area contributed by atoms with Gasteiger partial charge < -0.3 is 20.0 Å². The van der Waals surface area contributed by atoms with Crippen molar-refractivity contribution in [2.45, 2.75) is 13.2 Å². The number of hydrogen-bond donors (Lipinski definition) is 2. The molecule has 0 bridgehead atoms. The van der Waals surface area contributed by atoms with Crippen molar-refractivity contribution in [3.8, 4) is 0 Å². The number of hydrogen-bond acceptors (Lipinski definition) is 4. The van der Waals surface area contributed by atoms with Gasteiger partial charge in [-0.2, -0.15) is 0 Å². The first kappa shape index (κ1) is 23.4. The van der Waals surface area contributed by atoms with E-state index in [1.807, 2.05) is 84.9 Å². The third-order valence-electron chi connectivity index (χ3n) is 6.15. The lowest BCUT2D eigenvalue weighted by Gasteiger charge is -2.28. The van der Waals surface area contributed by atoms with Crippen LogP contribution in [0.4, 0.5) is 34.1 Å². The second-order valence-corrected chi connectivity index (χ2v) is 8.51. The Balaban J connectivity index is 1.55. The van der Waals surface area contributed by atoms with Crippen LogP contribution in [0.5, 0.6) is 0 Å². The Kier molecular flexibility index (Phi) is 7.08. The van der Waals surface area contributed by atoms with E-state index in [4.69, 9.17) is 0 Å². The maximum Gasteiger partial charge on any atom is 0.0681 e. The van der Waals surface area contributed by atoms with E-state index in [1.165, 1.54) is 0 Å². The third kappa shape index (κ3) is 5.01. The van der Waals surface area contributed by atoms with E-state index in [-0.39, 0.29) is 13.2 Å². The molecule has 0 unspecified atom stereocenters. The standard InChI is InChI=1S/C32H28N2O2/c35-23-25-11-15-29(16-12-25)33(27-7-3-1-4-8-27)31-19-21-32(22-20-31)34(28-9-5-2-6-10-28)30-17-13-26(24-36)14-18-30/h1-22,35-36H,23-24H2. The molecular formula is C32H28N2O2. The molecular weight excluding hydrogens is 444 g/mol. The SMILES string of the molecule is OCc1ccc(N(c2ccccc2)c2ccc(N(c3ccccc3)c3ccc(CO)cc3)cc2)cc1. The van der Waals surface area contributed by atoms with Gasteiger partial charge >= 0.3 is 0 Å². The van der Waals surface area contributed by atoms with Crippen molar-refractivity contribution in [3.05, 3.63) is 145 Å². The van der Waals surface area contributed by atoms with Crippen LogP contribution in [0, 0.1) is 0 Å². The van der Waals surface area contributed by atoms with Crippen molar-refractivity contribution < 1.29 is 10.2 Å². The summed E-state index contributed by atoms with van der Waals surface area (Å²) >= 11 is 0. The summed E-state index contributed by atoms with van der Waals surface area (Å²) in [7, 11) is 0. The Hall–Kier alpha value is -4.38. The van der Waals surface area contributed by atoms with Crippen LogP contribution in [-0.4, -0.2) is 10.2 Å². The minimum Gasteiger partial charge on any atom is -0.392 e. The van der Waals surface area contributed by atoms with Crippen LogP contribution in [0.25, 0.3) is 0 Å². The van der Waals surface area contributed by atoms with Crippen molar-refractivity contribution >= 4 is 34.1 Å². The number of para-hydroxylation sites is 2. The third-order valence-corrected chi connectivity index (χ3v) is 6.15. The first-order valence-electron chi connectivity index (χ1n) is 12.0. The summed E-state index contributed by atoms with van der Waals surface area (Å²) in [6, 6.07) is 45.0. The number of aliphatic hydroxyl groups is 2. The Morgan fingerprint density at radius 3 is 0.861 bits per heavy atom.